The standard InChI is InChI=1S/C18H20F3N5O/c1-3-4-5-6-11-7-9-12(10-8-11)22-15-16(27-2)24-14-13(23-15)25-17(26-14)18(19,20)21/h7-10H,3-6H2,1-2H3,(H2,22,23,24,25,26). The van der Waals surface area contributed by atoms with E-state index in [1.54, 1.807) is 0 Å². The molecule has 0 spiro atoms. The van der Waals surface area contributed by atoms with E-state index in [9.17, 15) is 13.2 Å². The summed E-state index contributed by atoms with van der Waals surface area (Å²) >= 11 is 0. The summed E-state index contributed by atoms with van der Waals surface area (Å²) in [6.45, 7) is 2.16. The lowest BCUT2D eigenvalue weighted by Crippen LogP contribution is -2.06. The van der Waals surface area contributed by atoms with E-state index in [4.69, 9.17) is 4.74 Å². The van der Waals surface area contributed by atoms with Crippen LogP contribution in [0.5, 0.6) is 5.88 Å². The summed E-state index contributed by atoms with van der Waals surface area (Å²) in [7, 11) is 1.37. The molecule has 0 unspecified atom stereocenters. The van der Waals surface area contributed by atoms with Gasteiger partial charge in [0.1, 0.15) is 0 Å². The molecule has 0 radical (unpaired) electrons. The molecule has 0 amide bonds. The van der Waals surface area contributed by atoms with Crippen LogP contribution in [0.25, 0.3) is 11.3 Å². The number of aromatic nitrogens is 4. The number of alkyl halides is 3. The molecule has 2 heterocycles. The molecular weight excluding hydrogens is 359 g/mol. The molecule has 0 aliphatic carbocycles. The van der Waals surface area contributed by atoms with Gasteiger partial charge in [0.25, 0.3) is 5.88 Å². The summed E-state index contributed by atoms with van der Waals surface area (Å²) in [6.07, 6.45) is -0.0896. The minimum Gasteiger partial charge on any atom is -0.478 e. The van der Waals surface area contributed by atoms with Gasteiger partial charge in [-0.15, -0.1) is 0 Å². The second-order valence-electron chi connectivity index (χ2n) is 6.12. The molecule has 27 heavy (non-hydrogen) atoms. The second-order valence-corrected chi connectivity index (χ2v) is 6.12. The van der Waals surface area contributed by atoms with Crippen LogP contribution in [0.3, 0.4) is 0 Å². The van der Waals surface area contributed by atoms with E-state index >= 15 is 0 Å². The van der Waals surface area contributed by atoms with Crippen molar-refractivity contribution in [2.24, 2.45) is 0 Å². The average molecular weight is 379 g/mol. The van der Waals surface area contributed by atoms with Crippen LogP contribution in [0.1, 0.15) is 37.6 Å². The van der Waals surface area contributed by atoms with E-state index in [0.29, 0.717) is 0 Å². The summed E-state index contributed by atoms with van der Waals surface area (Å²) in [4.78, 5) is 13.7. The number of hydrogen-bond acceptors (Lipinski definition) is 5. The number of anilines is 2. The van der Waals surface area contributed by atoms with Crippen molar-refractivity contribution in [1.29, 1.82) is 0 Å². The molecule has 3 rings (SSSR count). The molecule has 144 valence electrons. The summed E-state index contributed by atoms with van der Waals surface area (Å²) in [6, 6.07) is 7.79. The first-order valence-corrected chi connectivity index (χ1v) is 8.65. The summed E-state index contributed by atoms with van der Waals surface area (Å²) < 4.78 is 43.6. The Morgan fingerprint density at radius 1 is 1.07 bits per heavy atom. The zero-order valence-corrected chi connectivity index (χ0v) is 15.0. The molecule has 2 aromatic heterocycles. The van der Waals surface area contributed by atoms with Gasteiger partial charge in [-0.3, -0.25) is 0 Å². The smallest absolute Gasteiger partial charge is 0.449 e. The van der Waals surface area contributed by atoms with Crippen molar-refractivity contribution in [2.75, 3.05) is 12.4 Å². The lowest BCUT2D eigenvalue weighted by molar-refractivity contribution is -0.144. The SMILES string of the molecule is CCCCCc1ccc(Nc2nc3nc(C(F)(F)F)[nH]c3nc2OC)cc1. The van der Waals surface area contributed by atoms with E-state index in [2.05, 4.69) is 32.2 Å². The predicted molar refractivity (Wildman–Crippen MR) is 96.2 cm³/mol. The minimum atomic E-state index is -4.60. The summed E-state index contributed by atoms with van der Waals surface area (Å²) in [5.41, 5.74) is 1.73. The van der Waals surface area contributed by atoms with Gasteiger partial charge in [0, 0.05) is 5.69 Å². The lowest BCUT2D eigenvalue weighted by Gasteiger charge is -2.09. The molecule has 0 saturated heterocycles. The maximum atomic E-state index is 12.8. The fraction of sp³-hybridized carbons (Fsp3) is 0.389. The average Bonchev–Trinajstić information content (AvgIpc) is 3.06. The number of unbranched alkanes of at least 4 members (excludes halogenated alkanes) is 2. The van der Waals surface area contributed by atoms with Gasteiger partial charge in [0.05, 0.1) is 7.11 Å². The molecule has 0 bridgehead atoms. The number of nitrogens with one attached hydrogen (secondary N) is 2. The second kappa shape index (κ2) is 7.81. The molecule has 2 N–H and O–H groups in total. The third-order valence-electron chi connectivity index (χ3n) is 4.05. The molecule has 0 aliphatic heterocycles. The lowest BCUT2D eigenvalue weighted by atomic mass is 10.1. The van der Waals surface area contributed by atoms with Crippen molar-refractivity contribution in [1.82, 2.24) is 19.9 Å². The molecule has 9 heteroatoms. The third-order valence-corrected chi connectivity index (χ3v) is 4.05. The fourth-order valence-electron chi connectivity index (χ4n) is 2.65. The van der Waals surface area contributed by atoms with Crippen molar-refractivity contribution in [3.8, 4) is 5.88 Å². The Kier molecular flexibility index (Phi) is 5.48. The maximum absolute atomic E-state index is 12.8. The van der Waals surface area contributed by atoms with Crippen LogP contribution in [-0.2, 0) is 12.6 Å². The Labute approximate surface area is 154 Å². The predicted octanol–water partition coefficient (Wildman–Crippen LogP) is 4.86. The zero-order chi connectivity index (χ0) is 19.4. The number of nitrogens with zero attached hydrogens (tertiary/aromatic N) is 3. The van der Waals surface area contributed by atoms with E-state index in [1.807, 2.05) is 24.3 Å². The number of halogens is 3. The molecule has 0 fully saturated rings. The van der Waals surface area contributed by atoms with Gasteiger partial charge in [-0.2, -0.15) is 18.2 Å². The van der Waals surface area contributed by atoms with Gasteiger partial charge in [-0.1, -0.05) is 31.9 Å². The molecular formula is C18H20F3N5O. The highest BCUT2D eigenvalue weighted by molar-refractivity contribution is 5.72. The highest BCUT2D eigenvalue weighted by Gasteiger charge is 2.35. The van der Waals surface area contributed by atoms with Crippen molar-refractivity contribution in [3.05, 3.63) is 35.7 Å². The van der Waals surface area contributed by atoms with Crippen molar-refractivity contribution >= 4 is 22.8 Å². The first-order chi connectivity index (χ1) is 12.9. The van der Waals surface area contributed by atoms with Crippen LogP contribution in [0.2, 0.25) is 0 Å². The maximum Gasteiger partial charge on any atom is 0.449 e. The number of methoxy groups -OCH3 is 1. The highest BCUT2D eigenvalue weighted by atomic mass is 19.4. The molecule has 6 nitrogen and oxygen atoms in total. The first kappa shape index (κ1) is 18.9. The van der Waals surface area contributed by atoms with Crippen molar-refractivity contribution in [2.45, 2.75) is 38.8 Å². The summed E-state index contributed by atoms with van der Waals surface area (Å²) in [5.74, 6) is -0.871. The first-order valence-electron chi connectivity index (χ1n) is 8.65. The van der Waals surface area contributed by atoms with Crippen LogP contribution in [0.4, 0.5) is 24.7 Å². The molecule has 1 aromatic carbocycles. The number of rotatable bonds is 7. The number of H-pyrrole nitrogens is 1. The Bertz CT molecular complexity index is 906. The minimum absolute atomic E-state index is 0.0758. The Morgan fingerprint density at radius 2 is 1.81 bits per heavy atom. The Hall–Kier alpha value is -2.84. The quantitative estimate of drug-likeness (QED) is 0.574. The molecule has 0 atom stereocenters. The molecule has 0 saturated carbocycles. The topological polar surface area (TPSA) is 75.7 Å². The van der Waals surface area contributed by atoms with Gasteiger partial charge >= 0.3 is 6.18 Å². The normalized spacial score (nSPS) is 11.7. The monoisotopic (exact) mass is 379 g/mol. The van der Waals surface area contributed by atoms with E-state index in [-0.39, 0.29) is 23.0 Å². The van der Waals surface area contributed by atoms with Gasteiger partial charge in [0.2, 0.25) is 5.82 Å². The van der Waals surface area contributed by atoms with Crippen molar-refractivity contribution < 1.29 is 17.9 Å². The van der Waals surface area contributed by atoms with Gasteiger partial charge in [-0.05, 0) is 30.5 Å². The van der Waals surface area contributed by atoms with Crippen LogP contribution in [0, 0.1) is 0 Å². The van der Waals surface area contributed by atoms with E-state index in [1.165, 1.54) is 25.5 Å². The van der Waals surface area contributed by atoms with Crippen LogP contribution in [-0.4, -0.2) is 27.0 Å². The fourth-order valence-corrected chi connectivity index (χ4v) is 2.65. The zero-order valence-electron chi connectivity index (χ0n) is 15.0. The number of benzene rings is 1. The largest absolute Gasteiger partial charge is 0.478 e. The van der Waals surface area contributed by atoms with E-state index in [0.717, 1.165) is 18.5 Å². The summed E-state index contributed by atoms with van der Waals surface area (Å²) in [5, 5.41) is 3.02. The number of imidazole rings is 1. The van der Waals surface area contributed by atoms with Gasteiger partial charge in [0.15, 0.2) is 17.1 Å². The van der Waals surface area contributed by atoms with Gasteiger partial charge < -0.3 is 15.0 Å². The highest BCUT2D eigenvalue weighted by Crippen LogP contribution is 2.30. The number of aryl methyl sites for hydroxylation is 1. The van der Waals surface area contributed by atoms with Crippen LogP contribution < -0.4 is 10.1 Å². The number of fused-ring (bicyclic) bond motifs is 1. The molecule has 0 aliphatic rings. The van der Waals surface area contributed by atoms with Gasteiger partial charge in [-0.25, -0.2) is 9.97 Å². The van der Waals surface area contributed by atoms with Crippen LogP contribution >= 0.6 is 0 Å². The molecule has 3 aromatic rings. The number of ether oxygens (including phenoxy) is 1. The number of hydrogen-bond donors (Lipinski definition) is 2. The third kappa shape index (κ3) is 4.47. The van der Waals surface area contributed by atoms with Crippen molar-refractivity contribution in [3.63, 3.8) is 0 Å². The van der Waals surface area contributed by atoms with Crippen LogP contribution in [0.15, 0.2) is 24.3 Å². The Morgan fingerprint density at radius 3 is 2.44 bits per heavy atom. The van der Waals surface area contributed by atoms with E-state index < -0.39 is 12.0 Å². The Balaban J connectivity index is 1.83. The number of aromatic amines is 1.